The van der Waals surface area contributed by atoms with Crippen molar-refractivity contribution in [2.45, 2.75) is 38.3 Å². The molecule has 0 unspecified atom stereocenters. The molecule has 0 N–H and O–H groups in total. The van der Waals surface area contributed by atoms with Gasteiger partial charge < -0.3 is 4.90 Å². The molecule has 0 radical (unpaired) electrons. The molecule has 6 nitrogen and oxygen atoms in total. The van der Waals surface area contributed by atoms with Gasteiger partial charge in [-0.05, 0) is 43.4 Å². The van der Waals surface area contributed by atoms with Gasteiger partial charge in [-0.25, -0.2) is 4.79 Å². The van der Waals surface area contributed by atoms with Crippen molar-refractivity contribution in [3.05, 3.63) is 66.0 Å². The quantitative estimate of drug-likeness (QED) is 0.710. The molecule has 1 spiro atoms. The molecule has 152 valence electrons. The zero-order valence-electron chi connectivity index (χ0n) is 17.0. The first-order valence-corrected chi connectivity index (χ1v) is 10.4. The van der Waals surface area contributed by atoms with Crippen LogP contribution in [0.3, 0.4) is 0 Å². The molecule has 2 aliphatic heterocycles. The Bertz CT molecular complexity index is 848. The van der Waals surface area contributed by atoms with Crippen LogP contribution in [0.2, 0.25) is 0 Å². The van der Waals surface area contributed by atoms with Gasteiger partial charge in [-0.1, -0.05) is 36.4 Å². The minimum Gasteiger partial charge on any atom is -0.309 e. The second-order valence-corrected chi connectivity index (χ2v) is 7.89. The lowest BCUT2D eigenvalue weighted by Gasteiger charge is -2.42. The molecule has 1 aromatic carbocycles. The molecule has 0 saturated carbocycles. The highest BCUT2D eigenvalue weighted by Crippen LogP contribution is 2.37. The molecule has 0 aliphatic carbocycles. The van der Waals surface area contributed by atoms with Gasteiger partial charge in [0, 0.05) is 45.1 Å². The van der Waals surface area contributed by atoms with Crippen LogP contribution in [-0.4, -0.2) is 63.3 Å². The molecule has 2 aromatic rings. The van der Waals surface area contributed by atoms with Crippen molar-refractivity contribution < 1.29 is 9.59 Å². The van der Waals surface area contributed by atoms with Gasteiger partial charge in [0.1, 0.15) is 5.54 Å². The maximum atomic E-state index is 13.2. The monoisotopic (exact) mass is 392 g/mol. The highest BCUT2D eigenvalue weighted by molar-refractivity contribution is 6.07. The molecule has 3 heterocycles. The van der Waals surface area contributed by atoms with Gasteiger partial charge >= 0.3 is 6.03 Å². The minimum absolute atomic E-state index is 0.0147. The number of hydrogen-bond donors (Lipinski definition) is 0. The highest BCUT2D eigenvalue weighted by Gasteiger charge is 2.57. The molecule has 4 rings (SSSR count). The van der Waals surface area contributed by atoms with E-state index >= 15 is 0 Å². The number of carbonyl (C=O) groups is 2. The van der Waals surface area contributed by atoms with Crippen molar-refractivity contribution >= 4 is 11.9 Å². The van der Waals surface area contributed by atoms with Gasteiger partial charge in [-0.3, -0.25) is 19.6 Å². The van der Waals surface area contributed by atoms with Gasteiger partial charge in [0.25, 0.3) is 5.91 Å². The number of likely N-dealkylation sites (N-methyl/N-ethyl adjacent to an activating group) is 1. The van der Waals surface area contributed by atoms with E-state index < -0.39 is 5.54 Å². The summed E-state index contributed by atoms with van der Waals surface area (Å²) in [5, 5.41) is 0. The van der Waals surface area contributed by atoms with Crippen molar-refractivity contribution in [1.82, 2.24) is 19.7 Å². The van der Waals surface area contributed by atoms with Crippen LogP contribution in [0, 0.1) is 0 Å². The standard InChI is InChI=1S/C23H28N4O2/c1-2-26-21(28)23(27(22(26)29)14-10-19-7-4-3-5-8-19)11-15-25(16-12-23)18-20-9-6-13-24-17-20/h3-9,13,17H,2,10-12,14-16,18H2,1H3. The maximum absolute atomic E-state index is 13.2. The number of rotatable bonds is 6. The summed E-state index contributed by atoms with van der Waals surface area (Å²) in [6.07, 6.45) is 5.80. The molecule has 0 atom stereocenters. The summed E-state index contributed by atoms with van der Waals surface area (Å²) in [6, 6.07) is 14.1. The molecule has 1 aromatic heterocycles. The van der Waals surface area contributed by atoms with Crippen LogP contribution in [0.15, 0.2) is 54.9 Å². The largest absolute Gasteiger partial charge is 0.327 e. The fourth-order valence-corrected chi connectivity index (χ4v) is 4.57. The van der Waals surface area contributed by atoms with Gasteiger partial charge in [0.2, 0.25) is 0 Å². The Morgan fingerprint density at radius 1 is 1.00 bits per heavy atom. The number of imide groups is 1. The second-order valence-electron chi connectivity index (χ2n) is 7.89. The predicted molar refractivity (Wildman–Crippen MR) is 111 cm³/mol. The van der Waals surface area contributed by atoms with Crippen molar-refractivity contribution in [3.8, 4) is 0 Å². The number of hydrogen-bond acceptors (Lipinski definition) is 4. The number of nitrogens with zero attached hydrogens (tertiary/aromatic N) is 4. The first-order valence-electron chi connectivity index (χ1n) is 10.4. The molecule has 29 heavy (non-hydrogen) atoms. The lowest BCUT2D eigenvalue weighted by molar-refractivity contribution is -0.135. The van der Waals surface area contributed by atoms with Crippen molar-refractivity contribution in [2.24, 2.45) is 0 Å². The van der Waals surface area contributed by atoms with Crippen molar-refractivity contribution in [3.63, 3.8) is 0 Å². The summed E-state index contributed by atoms with van der Waals surface area (Å²) in [4.78, 5) is 36.1. The molecule has 0 bridgehead atoms. The van der Waals surface area contributed by atoms with Crippen molar-refractivity contribution in [1.29, 1.82) is 0 Å². The summed E-state index contributed by atoms with van der Waals surface area (Å²) in [6.45, 7) is 5.31. The average Bonchev–Trinajstić information content (AvgIpc) is 2.95. The summed E-state index contributed by atoms with van der Waals surface area (Å²) in [5.41, 5.74) is 1.67. The number of carbonyl (C=O) groups excluding carboxylic acids is 2. The number of likely N-dealkylation sites (tertiary alicyclic amines) is 1. The Morgan fingerprint density at radius 2 is 1.72 bits per heavy atom. The van der Waals surface area contributed by atoms with E-state index in [1.807, 2.05) is 42.3 Å². The molecular weight excluding hydrogens is 364 g/mol. The Balaban J connectivity index is 1.48. The topological polar surface area (TPSA) is 56.8 Å². The van der Waals surface area contributed by atoms with Crippen molar-refractivity contribution in [2.75, 3.05) is 26.2 Å². The normalized spacial score (nSPS) is 19.3. The number of aromatic nitrogens is 1. The smallest absolute Gasteiger partial charge is 0.309 e. The fraction of sp³-hybridized carbons (Fsp3) is 0.435. The lowest BCUT2D eigenvalue weighted by Crippen LogP contribution is -2.56. The second kappa shape index (κ2) is 8.33. The number of urea groups is 1. The van der Waals surface area contributed by atoms with Gasteiger partial charge in [0.15, 0.2) is 0 Å². The van der Waals surface area contributed by atoms with Crippen LogP contribution in [0.5, 0.6) is 0 Å². The van der Waals surface area contributed by atoms with Crippen LogP contribution >= 0.6 is 0 Å². The summed E-state index contributed by atoms with van der Waals surface area (Å²) >= 11 is 0. The van der Waals surface area contributed by atoms with E-state index in [1.165, 1.54) is 16.0 Å². The van der Waals surface area contributed by atoms with Gasteiger partial charge in [0.05, 0.1) is 0 Å². The Kier molecular flexibility index (Phi) is 5.62. The third-order valence-corrected chi connectivity index (χ3v) is 6.22. The van der Waals surface area contributed by atoms with Gasteiger partial charge in [-0.2, -0.15) is 0 Å². The predicted octanol–water partition coefficient (Wildman–Crippen LogP) is 2.94. The zero-order chi connectivity index (χ0) is 20.3. The molecular formula is C23H28N4O2. The van der Waals surface area contributed by atoms with E-state index in [-0.39, 0.29) is 11.9 Å². The highest BCUT2D eigenvalue weighted by atomic mass is 16.2. The van der Waals surface area contributed by atoms with E-state index in [0.717, 1.165) is 26.1 Å². The van der Waals surface area contributed by atoms with E-state index in [1.54, 1.807) is 6.20 Å². The van der Waals surface area contributed by atoms with Crippen LogP contribution in [0.4, 0.5) is 4.79 Å². The molecule has 3 amide bonds. The zero-order valence-corrected chi connectivity index (χ0v) is 17.0. The third kappa shape index (κ3) is 3.77. The summed E-state index contributed by atoms with van der Waals surface area (Å²) < 4.78 is 0. The number of pyridine rings is 1. The first kappa shape index (κ1) is 19.6. The number of piperidine rings is 1. The van der Waals surface area contributed by atoms with Crippen LogP contribution in [0.25, 0.3) is 0 Å². The average molecular weight is 393 g/mol. The fourth-order valence-electron chi connectivity index (χ4n) is 4.57. The number of benzene rings is 1. The first-order chi connectivity index (χ1) is 14.1. The molecule has 2 saturated heterocycles. The van der Waals surface area contributed by atoms with Crippen LogP contribution in [0.1, 0.15) is 30.9 Å². The van der Waals surface area contributed by atoms with E-state index in [2.05, 4.69) is 28.1 Å². The summed E-state index contributed by atoms with van der Waals surface area (Å²) in [5.74, 6) is -0.0147. The minimum atomic E-state index is -0.687. The molecule has 6 heteroatoms. The SMILES string of the molecule is CCN1C(=O)N(CCc2ccccc2)C2(CCN(Cc3cccnc3)CC2)C1=O. The Hall–Kier alpha value is -2.73. The molecule has 2 aliphatic rings. The van der Waals surface area contributed by atoms with E-state index in [9.17, 15) is 9.59 Å². The van der Waals surface area contributed by atoms with E-state index in [0.29, 0.717) is 25.9 Å². The van der Waals surface area contributed by atoms with Crippen LogP contribution < -0.4 is 0 Å². The molecule has 2 fully saturated rings. The summed E-state index contributed by atoms with van der Waals surface area (Å²) in [7, 11) is 0. The van der Waals surface area contributed by atoms with E-state index in [4.69, 9.17) is 0 Å². The third-order valence-electron chi connectivity index (χ3n) is 6.22. The lowest BCUT2D eigenvalue weighted by atomic mass is 9.85. The van der Waals surface area contributed by atoms with Gasteiger partial charge in [-0.15, -0.1) is 0 Å². The maximum Gasteiger partial charge on any atom is 0.327 e. The Morgan fingerprint density at radius 3 is 2.38 bits per heavy atom. The number of amides is 3. The Labute approximate surface area is 172 Å². The van der Waals surface area contributed by atoms with Crippen LogP contribution in [-0.2, 0) is 17.8 Å².